The number of nitrogens with zero attached hydrogens (tertiary/aromatic N) is 2. The van der Waals surface area contributed by atoms with E-state index in [0.29, 0.717) is 12.3 Å². The van der Waals surface area contributed by atoms with Crippen LogP contribution in [0, 0.1) is 13.8 Å². The summed E-state index contributed by atoms with van der Waals surface area (Å²) in [4.78, 5) is 30.7. The van der Waals surface area contributed by atoms with Crippen LogP contribution in [0.2, 0.25) is 0 Å². The maximum Gasteiger partial charge on any atom is 0.325 e. The van der Waals surface area contributed by atoms with Gasteiger partial charge in [0.2, 0.25) is 0 Å². The van der Waals surface area contributed by atoms with Crippen LogP contribution in [0.3, 0.4) is 0 Å². The summed E-state index contributed by atoms with van der Waals surface area (Å²) in [7, 11) is 0. The summed E-state index contributed by atoms with van der Waals surface area (Å²) in [5.74, 6) is -0.560. The number of benzene rings is 1. The molecule has 5 nitrogen and oxygen atoms in total. The van der Waals surface area contributed by atoms with Crippen LogP contribution < -0.4 is 0 Å². The van der Waals surface area contributed by atoms with Crippen LogP contribution in [-0.4, -0.2) is 41.0 Å². The first-order valence-corrected chi connectivity index (χ1v) is 9.37. The van der Waals surface area contributed by atoms with Gasteiger partial charge in [-0.1, -0.05) is 23.8 Å². The number of ether oxygens (including phenoxy) is 1. The molecule has 0 atom stereocenters. The Morgan fingerprint density at radius 3 is 2.72 bits per heavy atom. The molecule has 0 bridgehead atoms. The molecule has 1 aromatic heterocycles. The van der Waals surface area contributed by atoms with Crippen molar-refractivity contribution in [3.63, 3.8) is 0 Å². The summed E-state index contributed by atoms with van der Waals surface area (Å²) in [5, 5.41) is 2.60. The van der Waals surface area contributed by atoms with Crippen LogP contribution in [0.5, 0.6) is 0 Å². The number of carbonyl (C=O) groups is 2. The molecule has 1 saturated carbocycles. The normalized spacial score (nSPS) is 13.6. The Kier molecular flexibility index (Phi) is 5.18. The topological polar surface area (TPSA) is 59.5 Å². The molecule has 25 heavy (non-hydrogen) atoms. The summed E-state index contributed by atoms with van der Waals surface area (Å²) in [5.41, 5.74) is 3.77. The molecule has 132 valence electrons. The van der Waals surface area contributed by atoms with E-state index in [2.05, 4.69) is 18.0 Å². The van der Waals surface area contributed by atoms with Gasteiger partial charge in [0.15, 0.2) is 0 Å². The maximum atomic E-state index is 12.8. The number of thiazole rings is 1. The fraction of sp³-hybridized carbons (Fsp3) is 0.421. The zero-order valence-electron chi connectivity index (χ0n) is 14.7. The number of esters is 1. The van der Waals surface area contributed by atoms with Crippen molar-refractivity contribution in [3.8, 4) is 10.6 Å². The average molecular weight is 358 g/mol. The van der Waals surface area contributed by atoms with Gasteiger partial charge in [-0.05, 0) is 39.2 Å². The highest BCUT2D eigenvalue weighted by Crippen LogP contribution is 2.31. The minimum absolute atomic E-state index is 0.00619. The van der Waals surface area contributed by atoms with Crippen molar-refractivity contribution in [1.82, 2.24) is 9.88 Å². The molecular weight excluding hydrogens is 336 g/mol. The Labute approximate surface area is 151 Å². The predicted molar refractivity (Wildman–Crippen MR) is 97.7 cm³/mol. The zero-order valence-corrected chi connectivity index (χ0v) is 15.6. The van der Waals surface area contributed by atoms with E-state index >= 15 is 0 Å². The highest BCUT2D eigenvalue weighted by Gasteiger charge is 2.35. The molecule has 1 aliphatic rings. The lowest BCUT2D eigenvalue weighted by Crippen LogP contribution is -2.38. The van der Waals surface area contributed by atoms with Crippen molar-refractivity contribution in [1.29, 1.82) is 0 Å². The van der Waals surface area contributed by atoms with Crippen LogP contribution in [0.15, 0.2) is 23.6 Å². The van der Waals surface area contributed by atoms with Gasteiger partial charge in [0.05, 0.1) is 6.61 Å². The molecule has 2 aromatic rings. The van der Waals surface area contributed by atoms with E-state index in [1.165, 1.54) is 16.9 Å². The van der Waals surface area contributed by atoms with Gasteiger partial charge >= 0.3 is 5.97 Å². The van der Waals surface area contributed by atoms with Crippen molar-refractivity contribution in [3.05, 3.63) is 40.4 Å². The van der Waals surface area contributed by atoms with E-state index in [1.54, 1.807) is 17.2 Å². The first-order valence-electron chi connectivity index (χ1n) is 8.49. The van der Waals surface area contributed by atoms with Gasteiger partial charge in [0.25, 0.3) is 5.91 Å². The van der Waals surface area contributed by atoms with Crippen LogP contribution in [-0.2, 0) is 9.53 Å². The Morgan fingerprint density at radius 2 is 2.08 bits per heavy atom. The third kappa shape index (κ3) is 4.07. The highest BCUT2D eigenvalue weighted by atomic mass is 32.1. The molecule has 0 radical (unpaired) electrons. The third-order valence-corrected chi connectivity index (χ3v) is 5.06. The summed E-state index contributed by atoms with van der Waals surface area (Å²) in [6.07, 6.45) is 1.86. The summed E-state index contributed by atoms with van der Waals surface area (Å²) < 4.78 is 4.99. The zero-order chi connectivity index (χ0) is 18.0. The number of aryl methyl sites for hydroxylation is 2. The molecule has 1 aliphatic carbocycles. The minimum Gasteiger partial charge on any atom is -0.465 e. The summed E-state index contributed by atoms with van der Waals surface area (Å²) in [6.45, 7) is 6.17. The van der Waals surface area contributed by atoms with E-state index in [0.717, 1.165) is 29.0 Å². The van der Waals surface area contributed by atoms with E-state index in [9.17, 15) is 9.59 Å². The van der Waals surface area contributed by atoms with E-state index in [-0.39, 0.29) is 24.5 Å². The number of amides is 1. The standard InChI is InChI=1S/C19H22N2O3S/c1-4-24-17(22)10-21(14-6-7-14)19(23)16-11-25-18(20-16)15-8-5-12(2)9-13(15)3/h5,8-9,11,14H,4,6-7,10H2,1-3H3. The quantitative estimate of drug-likeness (QED) is 0.741. The molecular formula is C19H22N2O3S. The average Bonchev–Trinajstić information content (AvgIpc) is 3.29. The third-order valence-electron chi connectivity index (χ3n) is 4.19. The van der Waals surface area contributed by atoms with Crippen molar-refractivity contribution in [2.24, 2.45) is 0 Å². The first-order chi connectivity index (χ1) is 12.0. The van der Waals surface area contributed by atoms with E-state index in [4.69, 9.17) is 4.74 Å². The Morgan fingerprint density at radius 1 is 1.32 bits per heavy atom. The minimum atomic E-state index is -0.368. The molecule has 1 amide bonds. The number of hydrogen-bond donors (Lipinski definition) is 0. The highest BCUT2D eigenvalue weighted by molar-refractivity contribution is 7.13. The molecule has 0 aliphatic heterocycles. The second-order valence-electron chi connectivity index (χ2n) is 6.33. The smallest absolute Gasteiger partial charge is 0.325 e. The van der Waals surface area contributed by atoms with Gasteiger partial charge in [-0.25, -0.2) is 4.98 Å². The maximum absolute atomic E-state index is 12.8. The molecule has 1 fully saturated rings. The van der Waals surface area contributed by atoms with Gasteiger partial charge in [0.1, 0.15) is 17.2 Å². The van der Waals surface area contributed by atoms with E-state index in [1.807, 2.05) is 19.1 Å². The molecule has 6 heteroatoms. The fourth-order valence-electron chi connectivity index (χ4n) is 2.80. The van der Waals surface area contributed by atoms with Gasteiger partial charge < -0.3 is 9.64 Å². The molecule has 3 rings (SSSR count). The Balaban J connectivity index is 1.80. The Hall–Kier alpha value is -2.21. The van der Waals surface area contributed by atoms with Crippen molar-refractivity contribution < 1.29 is 14.3 Å². The molecule has 0 unspecified atom stereocenters. The number of aromatic nitrogens is 1. The molecule has 0 N–H and O–H groups in total. The van der Waals surface area contributed by atoms with Crippen LogP contribution in [0.1, 0.15) is 41.4 Å². The SMILES string of the molecule is CCOC(=O)CN(C(=O)c1csc(-c2ccc(C)cc2C)n1)C1CC1. The van der Waals surface area contributed by atoms with Crippen molar-refractivity contribution in [2.75, 3.05) is 13.2 Å². The predicted octanol–water partition coefficient (Wildman–Crippen LogP) is 3.59. The number of rotatable bonds is 6. The molecule has 1 aromatic carbocycles. The lowest BCUT2D eigenvalue weighted by atomic mass is 10.1. The molecule has 0 saturated heterocycles. The summed E-state index contributed by atoms with van der Waals surface area (Å²) >= 11 is 1.45. The monoisotopic (exact) mass is 358 g/mol. The largest absolute Gasteiger partial charge is 0.465 e. The van der Waals surface area contributed by atoms with Crippen LogP contribution >= 0.6 is 11.3 Å². The number of carbonyl (C=O) groups excluding carboxylic acids is 2. The first kappa shape index (κ1) is 17.6. The second-order valence-corrected chi connectivity index (χ2v) is 7.18. The fourth-order valence-corrected chi connectivity index (χ4v) is 3.68. The second kappa shape index (κ2) is 7.35. The van der Waals surface area contributed by atoms with Crippen molar-refractivity contribution >= 4 is 23.2 Å². The Bertz CT molecular complexity index is 796. The van der Waals surface area contributed by atoms with Crippen LogP contribution in [0.4, 0.5) is 0 Å². The molecule has 0 spiro atoms. The van der Waals surface area contributed by atoms with Crippen molar-refractivity contribution in [2.45, 2.75) is 39.7 Å². The van der Waals surface area contributed by atoms with Gasteiger partial charge in [-0.2, -0.15) is 0 Å². The van der Waals surface area contributed by atoms with Gasteiger partial charge in [-0.3, -0.25) is 9.59 Å². The lowest BCUT2D eigenvalue weighted by Gasteiger charge is -2.20. The van der Waals surface area contributed by atoms with Gasteiger partial charge in [-0.15, -0.1) is 11.3 Å². The molecule has 1 heterocycles. The van der Waals surface area contributed by atoms with Gasteiger partial charge in [0, 0.05) is 17.0 Å². The summed E-state index contributed by atoms with van der Waals surface area (Å²) in [6, 6.07) is 6.32. The van der Waals surface area contributed by atoms with Crippen LogP contribution in [0.25, 0.3) is 10.6 Å². The van der Waals surface area contributed by atoms with E-state index < -0.39 is 0 Å². The lowest BCUT2D eigenvalue weighted by molar-refractivity contribution is -0.144. The number of hydrogen-bond acceptors (Lipinski definition) is 5.